The minimum absolute atomic E-state index is 0.566. The second-order valence-electron chi connectivity index (χ2n) is 3.01. The first-order chi connectivity index (χ1) is 3.81. The Morgan fingerprint density at radius 2 is 1.56 bits per heavy atom. The Hall–Kier alpha value is 0.634. The van der Waals surface area contributed by atoms with E-state index >= 15 is 0 Å². The average Bonchev–Trinajstić information content (AvgIpc) is 1.64. The summed E-state index contributed by atoms with van der Waals surface area (Å²) in [5.41, 5.74) is -1.96. The summed E-state index contributed by atoms with van der Waals surface area (Å²) in [6, 6.07) is 0. The Bertz CT molecular complexity index is 93.7. The number of hydrogen-bond acceptors (Lipinski definition) is 2. The van der Waals surface area contributed by atoms with Gasteiger partial charge < -0.3 is 0 Å². The van der Waals surface area contributed by atoms with Gasteiger partial charge in [-0.3, -0.25) is 0 Å². The maximum absolute atomic E-state index is 9.41. The molecule has 0 aliphatic heterocycles. The Kier molecular flexibility index (Phi) is 2.90. The van der Waals surface area contributed by atoms with Gasteiger partial charge >= 0.3 is 67.3 Å². The van der Waals surface area contributed by atoms with Crippen LogP contribution in [-0.2, 0) is 20.4 Å². The average molecular weight is 165 g/mol. The molecule has 0 bridgehead atoms. The van der Waals surface area contributed by atoms with Gasteiger partial charge in [-0.1, -0.05) is 0 Å². The molecule has 0 aromatic rings. The molecule has 0 radical (unpaired) electrons. The van der Waals surface area contributed by atoms with Crippen LogP contribution in [0.15, 0.2) is 0 Å². The third-order valence-corrected chi connectivity index (χ3v) is 2.74. The van der Waals surface area contributed by atoms with Gasteiger partial charge in [-0.15, -0.1) is 0 Å². The summed E-state index contributed by atoms with van der Waals surface area (Å²) in [6.07, 6.45) is 0. The predicted octanol–water partition coefficient (Wildman–Crippen LogP) is 0.473. The molecule has 0 saturated heterocycles. The van der Waals surface area contributed by atoms with Crippen LogP contribution >= 0.6 is 0 Å². The molecule has 0 aliphatic rings. The molecule has 0 aromatic heterocycles. The predicted molar refractivity (Wildman–Crippen MR) is 31.7 cm³/mol. The molecule has 53 valence electrons. The summed E-state index contributed by atoms with van der Waals surface area (Å²) < 4.78 is 0.566. The SMILES string of the molecule is CC(C)(O)C(C)(O)[CH2][Ti]. The third kappa shape index (κ3) is 2.38. The second-order valence-corrected chi connectivity index (χ2v) is 3.56. The van der Waals surface area contributed by atoms with Gasteiger partial charge in [-0.25, -0.2) is 0 Å². The fourth-order valence-corrected chi connectivity index (χ4v) is 0.892. The fourth-order valence-electron chi connectivity index (χ4n) is 0.216. The van der Waals surface area contributed by atoms with E-state index in [1.807, 2.05) is 20.4 Å². The molecule has 2 nitrogen and oxygen atoms in total. The van der Waals surface area contributed by atoms with E-state index in [4.69, 9.17) is 0 Å². The van der Waals surface area contributed by atoms with Crippen molar-refractivity contribution in [3.8, 4) is 0 Å². The standard InChI is InChI=1S/C6H13O2.Ti/c1-5(2,7)6(3,4)8;/h7-8H,1H2,2-4H3;. The molecular weight excluding hydrogens is 152 g/mol. The molecule has 9 heavy (non-hydrogen) atoms. The zero-order chi connectivity index (χ0) is 7.71. The Balaban J connectivity index is 4.14. The van der Waals surface area contributed by atoms with E-state index in [0.29, 0.717) is 4.73 Å². The minimum atomic E-state index is -0.998. The van der Waals surface area contributed by atoms with Crippen molar-refractivity contribution in [1.29, 1.82) is 0 Å². The van der Waals surface area contributed by atoms with Gasteiger partial charge in [0.2, 0.25) is 0 Å². The fraction of sp³-hybridized carbons (Fsp3) is 1.00. The van der Waals surface area contributed by atoms with Gasteiger partial charge in [0.05, 0.1) is 0 Å². The maximum atomic E-state index is 9.41. The normalized spacial score (nSPS) is 19.1. The van der Waals surface area contributed by atoms with E-state index in [-0.39, 0.29) is 0 Å². The van der Waals surface area contributed by atoms with Crippen molar-refractivity contribution < 1.29 is 30.6 Å². The van der Waals surface area contributed by atoms with Crippen LogP contribution in [-0.4, -0.2) is 21.4 Å². The van der Waals surface area contributed by atoms with Gasteiger partial charge in [0.25, 0.3) is 0 Å². The molecular formula is C6H13O2Ti. The van der Waals surface area contributed by atoms with Gasteiger partial charge in [-0.05, 0) is 0 Å². The Morgan fingerprint density at radius 3 is 1.56 bits per heavy atom. The zero-order valence-electron chi connectivity index (χ0n) is 6.10. The van der Waals surface area contributed by atoms with Gasteiger partial charge in [0.1, 0.15) is 0 Å². The number of hydrogen-bond donors (Lipinski definition) is 2. The van der Waals surface area contributed by atoms with Crippen LogP contribution in [0.3, 0.4) is 0 Å². The van der Waals surface area contributed by atoms with Crippen molar-refractivity contribution >= 4 is 0 Å². The summed E-state index contributed by atoms with van der Waals surface area (Å²) in [4.78, 5) is 0. The van der Waals surface area contributed by atoms with Crippen LogP contribution in [0.1, 0.15) is 20.8 Å². The monoisotopic (exact) mass is 165 g/mol. The first-order valence-corrected chi connectivity index (χ1v) is 4.01. The molecule has 0 rings (SSSR count). The van der Waals surface area contributed by atoms with Crippen LogP contribution in [0.5, 0.6) is 0 Å². The first-order valence-electron chi connectivity index (χ1n) is 2.90. The molecule has 0 heterocycles. The van der Waals surface area contributed by atoms with Crippen LogP contribution in [0, 0.1) is 0 Å². The van der Waals surface area contributed by atoms with E-state index < -0.39 is 11.2 Å². The molecule has 1 atom stereocenters. The van der Waals surface area contributed by atoms with Crippen molar-refractivity contribution in [2.45, 2.75) is 36.7 Å². The summed E-state index contributed by atoms with van der Waals surface area (Å²) in [5, 5.41) is 18.7. The molecule has 3 heteroatoms. The van der Waals surface area contributed by atoms with Crippen LogP contribution in [0.2, 0.25) is 4.73 Å². The molecule has 0 aromatic carbocycles. The first kappa shape index (κ1) is 9.63. The number of aliphatic hydroxyl groups is 2. The molecule has 1 unspecified atom stereocenters. The Labute approximate surface area is 67.7 Å². The van der Waals surface area contributed by atoms with E-state index in [9.17, 15) is 10.2 Å². The summed E-state index contributed by atoms with van der Waals surface area (Å²) in [5.74, 6) is 0. The van der Waals surface area contributed by atoms with Crippen molar-refractivity contribution in [3.05, 3.63) is 0 Å². The topological polar surface area (TPSA) is 40.5 Å². The third-order valence-electron chi connectivity index (χ3n) is 1.66. The van der Waals surface area contributed by atoms with Crippen molar-refractivity contribution in [2.24, 2.45) is 0 Å². The molecule has 0 aliphatic carbocycles. The summed E-state index contributed by atoms with van der Waals surface area (Å²) >= 11 is 1.85. The van der Waals surface area contributed by atoms with Crippen molar-refractivity contribution in [3.63, 3.8) is 0 Å². The summed E-state index contributed by atoms with van der Waals surface area (Å²) in [6.45, 7) is 4.85. The van der Waals surface area contributed by atoms with E-state index in [1.54, 1.807) is 20.8 Å². The molecule has 0 amide bonds. The molecule has 0 spiro atoms. The molecule has 0 fully saturated rings. The quantitative estimate of drug-likeness (QED) is 0.584. The van der Waals surface area contributed by atoms with E-state index in [2.05, 4.69) is 0 Å². The van der Waals surface area contributed by atoms with Crippen LogP contribution in [0.25, 0.3) is 0 Å². The van der Waals surface area contributed by atoms with Gasteiger partial charge in [0.15, 0.2) is 0 Å². The number of rotatable bonds is 2. The Morgan fingerprint density at radius 1 is 1.22 bits per heavy atom. The molecule has 0 saturated carbocycles. The van der Waals surface area contributed by atoms with E-state index in [0.717, 1.165) is 0 Å². The van der Waals surface area contributed by atoms with Crippen LogP contribution in [0.4, 0.5) is 0 Å². The second kappa shape index (κ2) is 2.71. The van der Waals surface area contributed by atoms with Gasteiger partial charge in [0, 0.05) is 0 Å². The van der Waals surface area contributed by atoms with Crippen molar-refractivity contribution in [2.75, 3.05) is 0 Å². The zero-order valence-corrected chi connectivity index (χ0v) is 7.66. The van der Waals surface area contributed by atoms with Crippen molar-refractivity contribution in [1.82, 2.24) is 0 Å². The van der Waals surface area contributed by atoms with Gasteiger partial charge in [-0.2, -0.15) is 0 Å². The van der Waals surface area contributed by atoms with E-state index in [1.165, 1.54) is 0 Å². The van der Waals surface area contributed by atoms with Crippen LogP contribution < -0.4 is 0 Å². The molecule has 2 N–H and O–H groups in total. The summed E-state index contributed by atoms with van der Waals surface area (Å²) in [7, 11) is 0.